The van der Waals surface area contributed by atoms with Gasteiger partial charge in [-0.15, -0.1) is 0 Å². The molecule has 142 valence electrons. The SMILES string of the molecule is Cc1nc(NC(=O)CCc2ncc(-c3ccccc3)o2)sc1-c1nccn1C. The molecule has 0 saturated heterocycles. The third-order valence-electron chi connectivity index (χ3n) is 4.25. The highest BCUT2D eigenvalue weighted by Gasteiger charge is 2.15. The minimum atomic E-state index is -0.125. The van der Waals surface area contributed by atoms with Crippen LogP contribution >= 0.6 is 11.3 Å². The van der Waals surface area contributed by atoms with Crippen molar-refractivity contribution >= 4 is 22.4 Å². The molecule has 8 heteroatoms. The first-order valence-corrected chi connectivity index (χ1v) is 9.67. The maximum absolute atomic E-state index is 12.3. The average Bonchev–Trinajstić information content (AvgIpc) is 3.41. The predicted octanol–water partition coefficient (Wildman–Crippen LogP) is 4.08. The average molecular weight is 393 g/mol. The molecule has 1 aromatic carbocycles. The summed E-state index contributed by atoms with van der Waals surface area (Å²) in [4.78, 5) is 26.3. The Morgan fingerprint density at radius 1 is 1.25 bits per heavy atom. The molecule has 0 saturated carbocycles. The van der Waals surface area contributed by atoms with Crippen molar-refractivity contribution in [2.45, 2.75) is 19.8 Å². The van der Waals surface area contributed by atoms with Crippen molar-refractivity contribution in [1.82, 2.24) is 19.5 Å². The van der Waals surface area contributed by atoms with Gasteiger partial charge in [0.25, 0.3) is 0 Å². The topological polar surface area (TPSA) is 85.8 Å². The summed E-state index contributed by atoms with van der Waals surface area (Å²) in [5.41, 5.74) is 1.81. The number of carbonyl (C=O) groups is 1. The molecule has 0 spiro atoms. The molecule has 1 amide bonds. The van der Waals surface area contributed by atoms with Gasteiger partial charge in [0.05, 0.1) is 16.8 Å². The molecule has 0 fully saturated rings. The third-order valence-corrected chi connectivity index (χ3v) is 5.31. The molecule has 0 aliphatic rings. The number of hydrogen-bond acceptors (Lipinski definition) is 6. The molecular weight excluding hydrogens is 374 g/mol. The molecule has 0 atom stereocenters. The molecule has 0 aliphatic heterocycles. The van der Waals surface area contributed by atoms with Gasteiger partial charge in [0.1, 0.15) is 0 Å². The van der Waals surface area contributed by atoms with E-state index in [9.17, 15) is 4.79 Å². The lowest BCUT2D eigenvalue weighted by Crippen LogP contribution is -2.12. The molecule has 1 N–H and O–H groups in total. The monoisotopic (exact) mass is 393 g/mol. The number of aromatic nitrogens is 4. The molecule has 0 unspecified atom stereocenters. The smallest absolute Gasteiger partial charge is 0.226 e. The van der Waals surface area contributed by atoms with Gasteiger partial charge in [-0.3, -0.25) is 4.79 Å². The molecule has 3 aromatic heterocycles. The van der Waals surface area contributed by atoms with E-state index in [4.69, 9.17) is 4.42 Å². The maximum Gasteiger partial charge on any atom is 0.226 e. The fourth-order valence-corrected chi connectivity index (χ4v) is 3.83. The van der Waals surface area contributed by atoms with Gasteiger partial charge in [0.2, 0.25) is 5.91 Å². The lowest BCUT2D eigenvalue weighted by Gasteiger charge is -2.00. The zero-order valence-electron chi connectivity index (χ0n) is 15.5. The van der Waals surface area contributed by atoms with Crippen LogP contribution in [0.15, 0.2) is 53.3 Å². The van der Waals surface area contributed by atoms with Gasteiger partial charge in [0, 0.05) is 37.8 Å². The fraction of sp³-hybridized carbons (Fsp3) is 0.200. The highest BCUT2D eigenvalue weighted by atomic mass is 32.1. The molecule has 28 heavy (non-hydrogen) atoms. The van der Waals surface area contributed by atoms with Crippen LogP contribution < -0.4 is 5.32 Å². The first-order valence-electron chi connectivity index (χ1n) is 8.85. The highest BCUT2D eigenvalue weighted by Crippen LogP contribution is 2.31. The Kier molecular flexibility index (Phi) is 5.03. The number of thiazole rings is 1. The Labute approximate surface area is 166 Å². The number of rotatable bonds is 6. The van der Waals surface area contributed by atoms with Crippen molar-refractivity contribution < 1.29 is 9.21 Å². The molecule has 3 heterocycles. The summed E-state index contributed by atoms with van der Waals surface area (Å²) in [5, 5.41) is 3.42. The molecular formula is C20H19N5O2S. The number of oxazole rings is 1. The number of carbonyl (C=O) groups excluding carboxylic acids is 1. The molecule has 4 rings (SSSR count). The Hall–Kier alpha value is -3.26. The number of nitrogens with zero attached hydrogens (tertiary/aromatic N) is 4. The lowest BCUT2D eigenvalue weighted by atomic mass is 10.2. The highest BCUT2D eigenvalue weighted by molar-refractivity contribution is 7.19. The third kappa shape index (κ3) is 3.86. The number of hydrogen-bond donors (Lipinski definition) is 1. The summed E-state index contributed by atoms with van der Waals surface area (Å²) in [5.74, 6) is 1.95. The summed E-state index contributed by atoms with van der Waals surface area (Å²) in [7, 11) is 1.93. The van der Waals surface area contributed by atoms with Crippen LogP contribution in [-0.2, 0) is 18.3 Å². The van der Waals surface area contributed by atoms with Crippen molar-refractivity contribution in [2.75, 3.05) is 5.32 Å². The first kappa shape index (κ1) is 18.1. The number of nitrogens with one attached hydrogen (secondary N) is 1. The van der Waals surface area contributed by atoms with Gasteiger partial charge in [-0.25, -0.2) is 15.0 Å². The zero-order valence-corrected chi connectivity index (χ0v) is 16.4. The largest absolute Gasteiger partial charge is 0.441 e. The summed E-state index contributed by atoms with van der Waals surface area (Å²) in [6.07, 6.45) is 6.01. The van der Waals surface area contributed by atoms with Crippen LogP contribution in [0.1, 0.15) is 18.0 Å². The minimum absolute atomic E-state index is 0.125. The van der Waals surface area contributed by atoms with E-state index in [1.54, 1.807) is 12.4 Å². The van der Waals surface area contributed by atoms with Crippen molar-refractivity contribution in [3.8, 4) is 22.0 Å². The summed E-state index contributed by atoms with van der Waals surface area (Å²) >= 11 is 1.42. The Balaban J connectivity index is 1.37. The predicted molar refractivity (Wildman–Crippen MR) is 108 cm³/mol. The van der Waals surface area contributed by atoms with Crippen LogP contribution in [0.5, 0.6) is 0 Å². The summed E-state index contributed by atoms with van der Waals surface area (Å²) < 4.78 is 7.67. The van der Waals surface area contributed by atoms with E-state index in [2.05, 4.69) is 20.3 Å². The van der Waals surface area contributed by atoms with E-state index in [1.807, 2.05) is 55.1 Å². The van der Waals surface area contributed by atoms with Gasteiger partial charge < -0.3 is 14.3 Å². The summed E-state index contributed by atoms with van der Waals surface area (Å²) in [6, 6.07) is 9.76. The van der Waals surface area contributed by atoms with E-state index < -0.39 is 0 Å². The molecule has 0 bridgehead atoms. The van der Waals surface area contributed by atoms with E-state index in [0.717, 1.165) is 22.0 Å². The van der Waals surface area contributed by atoms with E-state index >= 15 is 0 Å². The van der Waals surface area contributed by atoms with Crippen LogP contribution in [0.4, 0.5) is 5.13 Å². The Bertz CT molecular complexity index is 1100. The van der Waals surface area contributed by atoms with Crippen molar-refractivity contribution in [1.29, 1.82) is 0 Å². The quantitative estimate of drug-likeness (QED) is 0.533. The molecule has 0 radical (unpaired) electrons. The van der Waals surface area contributed by atoms with Crippen LogP contribution in [-0.4, -0.2) is 25.4 Å². The van der Waals surface area contributed by atoms with Crippen molar-refractivity contribution in [3.05, 3.63) is 60.5 Å². The summed E-state index contributed by atoms with van der Waals surface area (Å²) in [6.45, 7) is 1.91. The Morgan fingerprint density at radius 2 is 2.07 bits per heavy atom. The number of benzene rings is 1. The second-order valence-electron chi connectivity index (χ2n) is 6.33. The van der Waals surface area contributed by atoms with Gasteiger partial charge >= 0.3 is 0 Å². The molecule has 0 aliphatic carbocycles. The molecule has 4 aromatic rings. The first-order chi connectivity index (χ1) is 13.6. The van der Waals surface area contributed by atoms with E-state index in [-0.39, 0.29) is 12.3 Å². The lowest BCUT2D eigenvalue weighted by molar-refractivity contribution is -0.116. The van der Waals surface area contributed by atoms with Crippen molar-refractivity contribution in [2.24, 2.45) is 7.05 Å². The number of aryl methyl sites for hydroxylation is 3. The van der Waals surface area contributed by atoms with Gasteiger partial charge in [-0.05, 0) is 6.92 Å². The van der Waals surface area contributed by atoms with E-state index in [0.29, 0.717) is 23.2 Å². The fourth-order valence-electron chi connectivity index (χ4n) is 2.81. The van der Waals surface area contributed by atoms with E-state index in [1.165, 1.54) is 11.3 Å². The zero-order chi connectivity index (χ0) is 19.5. The van der Waals surface area contributed by atoms with Gasteiger partial charge in [-0.1, -0.05) is 41.7 Å². The second kappa shape index (κ2) is 7.77. The van der Waals surface area contributed by atoms with Crippen LogP contribution in [0.2, 0.25) is 0 Å². The van der Waals surface area contributed by atoms with Crippen LogP contribution in [0, 0.1) is 6.92 Å². The maximum atomic E-state index is 12.3. The van der Waals surface area contributed by atoms with Crippen LogP contribution in [0.25, 0.3) is 22.0 Å². The Morgan fingerprint density at radius 3 is 2.82 bits per heavy atom. The number of anilines is 1. The number of amides is 1. The number of imidazole rings is 1. The molecule has 7 nitrogen and oxygen atoms in total. The second-order valence-corrected chi connectivity index (χ2v) is 7.33. The normalized spacial score (nSPS) is 10.9. The van der Waals surface area contributed by atoms with Crippen LogP contribution in [0.3, 0.4) is 0 Å². The minimum Gasteiger partial charge on any atom is -0.441 e. The van der Waals surface area contributed by atoms with Gasteiger partial charge in [-0.2, -0.15) is 0 Å². The van der Waals surface area contributed by atoms with Crippen molar-refractivity contribution in [3.63, 3.8) is 0 Å². The van der Waals surface area contributed by atoms with Gasteiger partial charge in [0.15, 0.2) is 22.6 Å². The standard InChI is InChI=1S/C20H19N5O2S/c1-13-18(19-21-10-11-25(19)2)28-20(23-13)24-16(26)8-9-17-22-12-15(27-17)14-6-4-3-5-7-14/h3-7,10-12H,8-9H2,1-2H3,(H,23,24,26).